The van der Waals surface area contributed by atoms with Crippen molar-refractivity contribution in [3.8, 4) is 5.75 Å². The molecule has 31 heavy (non-hydrogen) atoms. The Morgan fingerprint density at radius 2 is 1.94 bits per heavy atom. The van der Waals surface area contributed by atoms with E-state index in [1.165, 1.54) is 6.08 Å². The molecule has 1 amide bonds. The second kappa shape index (κ2) is 11.4. The maximum atomic E-state index is 14.7. The second-order valence-electron chi connectivity index (χ2n) is 8.00. The third kappa shape index (κ3) is 6.87. The van der Waals surface area contributed by atoms with Gasteiger partial charge in [-0.3, -0.25) is 4.79 Å². The number of carbonyl (C=O) groups is 1. The molecular weight excluding hydrogens is 404 g/mol. The number of rotatable bonds is 11. The van der Waals surface area contributed by atoms with Crippen molar-refractivity contribution in [3.63, 3.8) is 0 Å². The monoisotopic (exact) mass is 437 g/mol. The minimum Gasteiger partial charge on any atom is -0.487 e. The smallest absolute Gasteiger partial charge is 0.299 e. The molecular formula is C24H33F2NO4. The van der Waals surface area contributed by atoms with Gasteiger partial charge in [0.15, 0.2) is 6.61 Å². The lowest BCUT2D eigenvalue weighted by Crippen LogP contribution is -2.47. The zero-order chi connectivity index (χ0) is 22.9. The maximum absolute atomic E-state index is 14.7. The van der Waals surface area contributed by atoms with Crippen LogP contribution in [0, 0.1) is 11.3 Å². The minimum atomic E-state index is -3.32. The van der Waals surface area contributed by atoms with E-state index in [1.807, 2.05) is 19.1 Å². The highest BCUT2D eigenvalue weighted by Gasteiger charge is 2.50. The molecule has 0 spiro atoms. The molecule has 7 heteroatoms. The number of hydrogen-bond donors (Lipinski definition) is 3. The van der Waals surface area contributed by atoms with Crippen LogP contribution in [0.2, 0.25) is 0 Å². The van der Waals surface area contributed by atoms with Gasteiger partial charge in [-0.05, 0) is 57.7 Å². The summed E-state index contributed by atoms with van der Waals surface area (Å²) in [5.41, 5.74) is -1.37. The van der Waals surface area contributed by atoms with Gasteiger partial charge >= 0.3 is 0 Å². The first-order chi connectivity index (χ1) is 14.7. The van der Waals surface area contributed by atoms with Crippen molar-refractivity contribution in [2.75, 3.05) is 13.2 Å². The number of aliphatic hydroxyl groups excluding tert-OH is 2. The topological polar surface area (TPSA) is 78.8 Å². The average Bonchev–Trinajstić information content (AvgIpc) is 3.08. The third-order valence-corrected chi connectivity index (χ3v) is 5.69. The zero-order valence-corrected chi connectivity index (χ0v) is 18.1. The Morgan fingerprint density at radius 3 is 2.52 bits per heavy atom. The summed E-state index contributed by atoms with van der Waals surface area (Å²) in [5.74, 6) is -4.08. The summed E-state index contributed by atoms with van der Waals surface area (Å²) < 4.78 is 34.5. The lowest BCUT2D eigenvalue weighted by atomic mass is 9.69. The first-order valence-electron chi connectivity index (χ1n) is 10.8. The molecule has 5 nitrogen and oxygen atoms in total. The van der Waals surface area contributed by atoms with Gasteiger partial charge in [0, 0.05) is 12.5 Å². The normalized spacial score (nSPS) is 23.9. The predicted octanol–water partition coefficient (Wildman–Crippen LogP) is 3.87. The molecule has 1 saturated carbocycles. The van der Waals surface area contributed by atoms with Gasteiger partial charge in [-0.15, -0.1) is 0 Å². The number of allylic oxidation sites excluding steroid dienone is 2. The van der Waals surface area contributed by atoms with Gasteiger partial charge in [0.2, 0.25) is 5.91 Å². The van der Waals surface area contributed by atoms with Crippen molar-refractivity contribution >= 4 is 5.91 Å². The SMILES string of the molecule is C/C=C/CCC(/C=C/C(F)(F)COc1ccccc1)(C(=O)NCC)C1CC(O)CC1O. The van der Waals surface area contributed by atoms with E-state index in [1.54, 1.807) is 37.3 Å². The molecule has 2 rings (SSSR count). The third-order valence-electron chi connectivity index (χ3n) is 5.69. The van der Waals surface area contributed by atoms with Crippen molar-refractivity contribution in [2.24, 2.45) is 11.3 Å². The number of alkyl halides is 2. The van der Waals surface area contributed by atoms with E-state index in [-0.39, 0.29) is 19.3 Å². The Balaban J connectivity index is 2.33. The fraction of sp³-hybridized carbons (Fsp3) is 0.542. The van der Waals surface area contributed by atoms with Gasteiger partial charge in [0.05, 0.1) is 17.6 Å². The molecule has 0 aromatic heterocycles. The highest BCUT2D eigenvalue weighted by molar-refractivity contribution is 5.85. The van der Waals surface area contributed by atoms with Crippen LogP contribution in [0.25, 0.3) is 0 Å². The molecule has 1 aliphatic rings. The van der Waals surface area contributed by atoms with Crippen molar-refractivity contribution in [3.05, 3.63) is 54.6 Å². The summed E-state index contributed by atoms with van der Waals surface area (Å²) in [7, 11) is 0. The number of nitrogens with one attached hydrogen (secondary N) is 1. The van der Waals surface area contributed by atoms with E-state index in [9.17, 15) is 23.8 Å². The summed E-state index contributed by atoms with van der Waals surface area (Å²) >= 11 is 0. The highest BCUT2D eigenvalue weighted by atomic mass is 19.3. The summed E-state index contributed by atoms with van der Waals surface area (Å²) in [6.07, 6.45) is 4.90. The first kappa shape index (κ1) is 25.0. The molecule has 0 saturated heterocycles. The van der Waals surface area contributed by atoms with Crippen LogP contribution in [0.4, 0.5) is 8.78 Å². The quantitative estimate of drug-likeness (QED) is 0.459. The van der Waals surface area contributed by atoms with E-state index < -0.39 is 42.0 Å². The number of hydrogen-bond acceptors (Lipinski definition) is 4. The molecule has 4 atom stereocenters. The lowest BCUT2D eigenvalue weighted by molar-refractivity contribution is -0.133. The van der Waals surface area contributed by atoms with Crippen molar-refractivity contribution in [2.45, 2.75) is 57.7 Å². The van der Waals surface area contributed by atoms with Crippen LogP contribution in [0.5, 0.6) is 5.75 Å². The molecule has 1 fully saturated rings. The maximum Gasteiger partial charge on any atom is 0.299 e. The van der Waals surface area contributed by atoms with Gasteiger partial charge in [-0.25, -0.2) is 0 Å². The van der Waals surface area contributed by atoms with Crippen LogP contribution in [0.15, 0.2) is 54.6 Å². The Bertz CT molecular complexity index is 753. The number of aliphatic hydroxyl groups is 2. The van der Waals surface area contributed by atoms with Crippen molar-refractivity contribution in [1.29, 1.82) is 0 Å². The molecule has 0 radical (unpaired) electrons. The molecule has 0 bridgehead atoms. The summed E-state index contributed by atoms with van der Waals surface area (Å²) in [4.78, 5) is 13.1. The molecule has 1 aromatic carbocycles. The second-order valence-corrected chi connectivity index (χ2v) is 8.00. The molecule has 4 unspecified atom stereocenters. The summed E-state index contributed by atoms with van der Waals surface area (Å²) in [6.45, 7) is 3.05. The van der Waals surface area contributed by atoms with Crippen LogP contribution in [-0.4, -0.2) is 47.4 Å². The van der Waals surface area contributed by atoms with Crippen molar-refractivity contribution < 1.29 is 28.5 Å². The molecule has 1 aromatic rings. The Morgan fingerprint density at radius 1 is 1.23 bits per heavy atom. The van der Waals surface area contributed by atoms with Crippen LogP contribution in [0.3, 0.4) is 0 Å². The molecule has 0 heterocycles. The average molecular weight is 438 g/mol. The first-order valence-corrected chi connectivity index (χ1v) is 10.8. The number of benzene rings is 1. The Kier molecular flexibility index (Phi) is 9.19. The van der Waals surface area contributed by atoms with Gasteiger partial charge in [0.25, 0.3) is 5.92 Å². The largest absolute Gasteiger partial charge is 0.487 e. The number of amides is 1. The number of ether oxygens (including phenoxy) is 1. The van der Waals surface area contributed by atoms with E-state index in [0.717, 1.165) is 0 Å². The van der Waals surface area contributed by atoms with Crippen LogP contribution in [-0.2, 0) is 4.79 Å². The molecule has 3 N–H and O–H groups in total. The van der Waals surface area contributed by atoms with E-state index >= 15 is 0 Å². The fourth-order valence-electron chi connectivity index (χ4n) is 4.12. The zero-order valence-electron chi connectivity index (χ0n) is 18.1. The number of carbonyl (C=O) groups excluding carboxylic acids is 1. The standard InChI is InChI=1S/C24H33F2NO4/c1-3-5-9-12-23(22(30)27-4-2,20-15-18(28)16-21(20)29)13-14-24(25,26)17-31-19-10-7-6-8-11-19/h3,5-8,10-11,13-14,18,20-21,28-29H,4,9,12,15-17H2,1-2H3,(H,27,30)/b5-3+,14-13+. The number of para-hydroxylation sites is 1. The molecule has 0 aliphatic heterocycles. The van der Waals surface area contributed by atoms with Crippen LogP contribution >= 0.6 is 0 Å². The van der Waals surface area contributed by atoms with Gasteiger partial charge in [0.1, 0.15) is 5.75 Å². The van der Waals surface area contributed by atoms with Gasteiger partial charge in [-0.2, -0.15) is 8.78 Å². The predicted molar refractivity (Wildman–Crippen MR) is 116 cm³/mol. The Labute approximate surface area is 182 Å². The molecule has 1 aliphatic carbocycles. The van der Waals surface area contributed by atoms with E-state index in [2.05, 4.69) is 5.32 Å². The van der Waals surface area contributed by atoms with E-state index in [4.69, 9.17) is 4.74 Å². The summed E-state index contributed by atoms with van der Waals surface area (Å²) in [5, 5.41) is 23.3. The van der Waals surface area contributed by atoms with Crippen molar-refractivity contribution in [1.82, 2.24) is 5.32 Å². The lowest BCUT2D eigenvalue weighted by Gasteiger charge is -2.37. The van der Waals surface area contributed by atoms with Crippen LogP contribution < -0.4 is 10.1 Å². The molecule has 172 valence electrons. The van der Waals surface area contributed by atoms with Crippen LogP contribution in [0.1, 0.15) is 39.5 Å². The minimum absolute atomic E-state index is 0.122. The summed E-state index contributed by atoms with van der Waals surface area (Å²) in [6, 6.07) is 8.32. The highest BCUT2D eigenvalue weighted by Crippen LogP contribution is 2.45. The van der Waals surface area contributed by atoms with Gasteiger partial charge in [-0.1, -0.05) is 36.4 Å². The number of halogens is 2. The van der Waals surface area contributed by atoms with E-state index in [0.29, 0.717) is 24.8 Å². The fourth-order valence-corrected chi connectivity index (χ4v) is 4.12. The van der Waals surface area contributed by atoms with Gasteiger partial charge < -0.3 is 20.3 Å². The Hall–Kier alpha value is -2.25.